The first kappa shape index (κ1) is 19.6. The Morgan fingerprint density at radius 2 is 1.84 bits per heavy atom. The SMILES string of the molecule is NC(=O)c1nn(Cc2ccc(C(=O)NO)cc2)c2cccc(-c3ccc4c(c3)OCO4)c12. The summed E-state index contributed by atoms with van der Waals surface area (Å²) in [7, 11) is 0. The van der Waals surface area contributed by atoms with Crippen LogP contribution < -0.4 is 20.7 Å². The molecule has 0 spiro atoms. The number of nitrogens with zero attached hydrogens (tertiary/aromatic N) is 2. The number of rotatable bonds is 5. The average molecular weight is 430 g/mol. The molecule has 1 aromatic heterocycles. The van der Waals surface area contributed by atoms with Crippen molar-refractivity contribution < 1.29 is 24.3 Å². The van der Waals surface area contributed by atoms with Gasteiger partial charge in [0, 0.05) is 10.9 Å². The quantitative estimate of drug-likeness (QED) is 0.330. The van der Waals surface area contributed by atoms with Crippen molar-refractivity contribution in [3.05, 3.63) is 77.5 Å². The fraction of sp³-hybridized carbons (Fsp3) is 0.0870. The van der Waals surface area contributed by atoms with E-state index in [1.54, 1.807) is 34.4 Å². The van der Waals surface area contributed by atoms with E-state index in [2.05, 4.69) is 5.10 Å². The van der Waals surface area contributed by atoms with Crippen LogP contribution in [0.5, 0.6) is 11.5 Å². The maximum atomic E-state index is 12.2. The molecule has 4 N–H and O–H groups in total. The second-order valence-corrected chi connectivity index (χ2v) is 7.28. The summed E-state index contributed by atoms with van der Waals surface area (Å²) in [5.41, 5.74) is 11.0. The lowest BCUT2D eigenvalue weighted by molar-refractivity contribution is 0.0706. The highest BCUT2D eigenvalue weighted by atomic mass is 16.7. The van der Waals surface area contributed by atoms with E-state index in [1.165, 1.54) is 0 Å². The topological polar surface area (TPSA) is 129 Å². The Morgan fingerprint density at radius 1 is 1.06 bits per heavy atom. The normalized spacial score (nSPS) is 12.2. The van der Waals surface area contributed by atoms with Crippen LogP contribution in [0.3, 0.4) is 0 Å². The molecule has 5 rings (SSSR count). The molecule has 0 aliphatic carbocycles. The predicted octanol–water partition coefficient (Wildman–Crippen LogP) is 2.70. The van der Waals surface area contributed by atoms with Gasteiger partial charge in [0.05, 0.1) is 12.1 Å². The maximum Gasteiger partial charge on any atom is 0.274 e. The van der Waals surface area contributed by atoms with Gasteiger partial charge in [-0.3, -0.25) is 19.5 Å². The number of fused-ring (bicyclic) bond motifs is 2. The van der Waals surface area contributed by atoms with Crippen molar-refractivity contribution in [1.29, 1.82) is 0 Å². The van der Waals surface area contributed by atoms with E-state index < -0.39 is 11.8 Å². The summed E-state index contributed by atoms with van der Waals surface area (Å²) < 4.78 is 12.6. The van der Waals surface area contributed by atoms with Gasteiger partial charge in [0.15, 0.2) is 17.2 Å². The maximum absolute atomic E-state index is 12.2. The van der Waals surface area contributed by atoms with E-state index >= 15 is 0 Å². The summed E-state index contributed by atoms with van der Waals surface area (Å²) in [6.45, 7) is 0.529. The molecule has 3 aromatic carbocycles. The summed E-state index contributed by atoms with van der Waals surface area (Å²) in [6.07, 6.45) is 0. The molecule has 0 bridgehead atoms. The monoisotopic (exact) mass is 430 g/mol. The van der Waals surface area contributed by atoms with Gasteiger partial charge in [-0.25, -0.2) is 5.48 Å². The summed E-state index contributed by atoms with van der Waals surface area (Å²) >= 11 is 0. The van der Waals surface area contributed by atoms with Crippen LogP contribution in [0.25, 0.3) is 22.0 Å². The smallest absolute Gasteiger partial charge is 0.274 e. The molecule has 0 fully saturated rings. The van der Waals surface area contributed by atoms with Crippen LogP contribution in [-0.2, 0) is 6.54 Å². The fourth-order valence-electron chi connectivity index (χ4n) is 3.83. The number of hydrogen-bond donors (Lipinski definition) is 3. The van der Waals surface area contributed by atoms with Gasteiger partial charge in [0.1, 0.15) is 0 Å². The third-order valence-electron chi connectivity index (χ3n) is 5.35. The zero-order chi connectivity index (χ0) is 22.2. The number of nitrogens with one attached hydrogen (secondary N) is 1. The second-order valence-electron chi connectivity index (χ2n) is 7.28. The molecule has 4 aromatic rings. The molecule has 2 heterocycles. The zero-order valence-electron chi connectivity index (χ0n) is 16.7. The highest BCUT2D eigenvalue weighted by molar-refractivity contribution is 6.10. The van der Waals surface area contributed by atoms with Crippen LogP contribution in [0.4, 0.5) is 0 Å². The number of amides is 2. The van der Waals surface area contributed by atoms with Gasteiger partial charge in [0.25, 0.3) is 11.8 Å². The predicted molar refractivity (Wildman–Crippen MR) is 115 cm³/mol. The van der Waals surface area contributed by atoms with E-state index in [0.29, 0.717) is 29.0 Å². The number of nitrogens with two attached hydrogens (primary N) is 1. The summed E-state index contributed by atoms with van der Waals surface area (Å²) in [5.74, 6) is 0.0898. The number of hydrogen-bond acceptors (Lipinski definition) is 6. The Morgan fingerprint density at radius 3 is 2.59 bits per heavy atom. The van der Waals surface area contributed by atoms with Crippen molar-refractivity contribution >= 4 is 22.7 Å². The van der Waals surface area contributed by atoms with Gasteiger partial charge < -0.3 is 15.2 Å². The lowest BCUT2D eigenvalue weighted by Gasteiger charge is -2.08. The first-order valence-corrected chi connectivity index (χ1v) is 9.78. The molecular weight excluding hydrogens is 412 g/mol. The van der Waals surface area contributed by atoms with Crippen molar-refractivity contribution in [2.45, 2.75) is 6.54 Å². The molecule has 9 heteroatoms. The fourth-order valence-corrected chi connectivity index (χ4v) is 3.83. The molecule has 0 atom stereocenters. The van der Waals surface area contributed by atoms with Gasteiger partial charge in [-0.05, 0) is 47.0 Å². The molecule has 160 valence electrons. The van der Waals surface area contributed by atoms with Gasteiger partial charge >= 0.3 is 0 Å². The highest BCUT2D eigenvalue weighted by Gasteiger charge is 2.21. The molecule has 1 aliphatic rings. The summed E-state index contributed by atoms with van der Waals surface area (Å²) in [6, 6.07) is 18.0. The molecule has 0 radical (unpaired) electrons. The number of hydroxylamine groups is 1. The zero-order valence-corrected chi connectivity index (χ0v) is 16.7. The largest absolute Gasteiger partial charge is 0.454 e. The Hall–Kier alpha value is -4.37. The van der Waals surface area contributed by atoms with Gasteiger partial charge in [-0.2, -0.15) is 5.10 Å². The number of aromatic nitrogens is 2. The van der Waals surface area contributed by atoms with Crippen LogP contribution >= 0.6 is 0 Å². The lowest BCUT2D eigenvalue weighted by atomic mass is 9.99. The Labute approximate surface area is 181 Å². The molecule has 2 amide bonds. The van der Waals surface area contributed by atoms with Gasteiger partial charge in [-0.15, -0.1) is 0 Å². The van der Waals surface area contributed by atoms with E-state index in [0.717, 1.165) is 22.2 Å². The standard InChI is InChI=1S/C23H18N4O5/c24-22(28)21-20-16(15-8-9-18-19(10-15)32-12-31-18)2-1-3-17(20)27(25-21)11-13-4-6-14(7-5-13)23(29)26-30/h1-10,30H,11-12H2,(H2,24,28)(H,26,29). The average Bonchev–Trinajstić information content (AvgIpc) is 3.43. The minimum atomic E-state index is -0.628. The van der Waals surface area contributed by atoms with Gasteiger partial charge in [-0.1, -0.05) is 30.3 Å². The van der Waals surface area contributed by atoms with E-state index in [4.69, 9.17) is 20.4 Å². The molecule has 0 unspecified atom stereocenters. The number of carbonyl (C=O) groups excluding carboxylic acids is 2. The summed E-state index contributed by atoms with van der Waals surface area (Å²) in [5, 5.41) is 13.9. The van der Waals surface area contributed by atoms with E-state index in [-0.39, 0.29) is 12.5 Å². The van der Waals surface area contributed by atoms with Crippen LogP contribution in [0, 0.1) is 0 Å². The minimum absolute atomic E-state index is 0.171. The van der Waals surface area contributed by atoms with E-state index in [1.807, 2.05) is 36.4 Å². The van der Waals surface area contributed by atoms with Crippen molar-refractivity contribution in [2.24, 2.45) is 5.73 Å². The third-order valence-corrected chi connectivity index (χ3v) is 5.35. The molecule has 0 saturated carbocycles. The summed E-state index contributed by atoms with van der Waals surface area (Å²) in [4.78, 5) is 23.8. The molecule has 0 saturated heterocycles. The Balaban J connectivity index is 1.59. The number of primary amides is 1. The third kappa shape index (κ3) is 3.30. The van der Waals surface area contributed by atoms with Crippen molar-refractivity contribution in [1.82, 2.24) is 15.3 Å². The van der Waals surface area contributed by atoms with Crippen molar-refractivity contribution in [3.63, 3.8) is 0 Å². The highest BCUT2D eigenvalue weighted by Crippen LogP contribution is 2.38. The first-order valence-electron chi connectivity index (χ1n) is 9.78. The van der Waals surface area contributed by atoms with Crippen molar-refractivity contribution in [3.8, 4) is 22.6 Å². The molecule has 1 aliphatic heterocycles. The molecule has 32 heavy (non-hydrogen) atoms. The van der Waals surface area contributed by atoms with Crippen LogP contribution in [0.1, 0.15) is 26.4 Å². The Kier molecular flexibility index (Phi) is 4.72. The molecular formula is C23H18N4O5. The van der Waals surface area contributed by atoms with Crippen LogP contribution in [-0.4, -0.2) is 33.6 Å². The second kappa shape index (κ2) is 7.71. The number of carbonyl (C=O) groups is 2. The van der Waals surface area contributed by atoms with Gasteiger partial charge in [0.2, 0.25) is 6.79 Å². The van der Waals surface area contributed by atoms with Crippen LogP contribution in [0.2, 0.25) is 0 Å². The van der Waals surface area contributed by atoms with E-state index in [9.17, 15) is 9.59 Å². The van der Waals surface area contributed by atoms with Crippen molar-refractivity contribution in [2.75, 3.05) is 6.79 Å². The lowest BCUT2D eigenvalue weighted by Crippen LogP contribution is -2.18. The minimum Gasteiger partial charge on any atom is -0.454 e. The molecule has 9 nitrogen and oxygen atoms in total. The number of benzene rings is 3. The Bertz CT molecular complexity index is 1360. The number of ether oxygens (including phenoxy) is 2. The first-order chi connectivity index (χ1) is 15.5. The van der Waals surface area contributed by atoms with Crippen LogP contribution in [0.15, 0.2) is 60.7 Å².